The molecule has 3 rings (SSSR count). The predicted molar refractivity (Wildman–Crippen MR) is 98.8 cm³/mol. The van der Waals surface area contributed by atoms with Gasteiger partial charge in [-0.15, -0.1) is 0 Å². The number of amides is 1. The van der Waals surface area contributed by atoms with Crippen LogP contribution in [0.4, 0.5) is 4.79 Å². The van der Waals surface area contributed by atoms with Crippen LogP contribution < -0.4 is 0 Å². The number of rotatable bonds is 5. The molecule has 1 amide bonds. The number of hydrogen-bond acceptors (Lipinski definition) is 3. The first kappa shape index (κ1) is 17.2. The molecule has 1 aliphatic heterocycles. The number of pyridine rings is 1. The molecule has 0 radical (unpaired) electrons. The number of carbonyl (C=O) groups is 1. The van der Waals surface area contributed by atoms with E-state index in [0.29, 0.717) is 12.5 Å². The summed E-state index contributed by atoms with van der Waals surface area (Å²) in [5.74, 6) is 0.635. The molecule has 1 fully saturated rings. The van der Waals surface area contributed by atoms with Gasteiger partial charge < -0.3 is 9.64 Å². The van der Waals surface area contributed by atoms with Crippen molar-refractivity contribution in [1.82, 2.24) is 9.88 Å². The predicted octanol–water partition coefficient (Wildman–Crippen LogP) is 4.53. The number of benzene rings is 1. The first-order chi connectivity index (χ1) is 12.3. The third-order valence-electron chi connectivity index (χ3n) is 4.56. The third kappa shape index (κ3) is 5.45. The van der Waals surface area contributed by atoms with Gasteiger partial charge in [0, 0.05) is 25.5 Å². The fourth-order valence-corrected chi connectivity index (χ4v) is 3.03. The Hall–Kier alpha value is -2.62. The Morgan fingerprint density at radius 3 is 2.56 bits per heavy atom. The average Bonchev–Trinajstić information content (AvgIpc) is 2.68. The largest absolute Gasteiger partial charge is 0.445 e. The SMILES string of the molecule is O=C(OCc1ccccc1)N1CCC(CC=Cc2ccncc2)CC1. The molecule has 1 aromatic carbocycles. The third-order valence-corrected chi connectivity index (χ3v) is 4.56. The smallest absolute Gasteiger partial charge is 0.410 e. The van der Waals surface area contributed by atoms with Crippen molar-refractivity contribution in [2.75, 3.05) is 13.1 Å². The van der Waals surface area contributed by atoms with Crippen LogP contribution in [0.25, 0.3) is 6.08 Å². The summed E-state index contributed by atoms with van der Waals surface area (Å²) in [5, 5.41) is 0. The number of carbonyl (C=O) groups excluding carboxylic acids is 1. The molecule has 0 aliphatic carbocycles. The zero-order chi connectivity index (χ0) is 17.3. The number of piperidine rings is 1. The van der Waals surface area contributed by atoms with Crippen molar-refractivity contribution in [1.29, 1.82) is 0 Å². The van der Waals surface area contributed by atoms with E-state index in [9.17, 15) is 4.79 Å². The van der Waals surface area contributed by atoms with Gasteiger partial charge in [0.15, 0.2) is 0 Å². The lowest BCUT2D eigenvalue weighted by Gasteiger charge is -2.30. The summed E-state index contributed by atoms with van der Waals surface area (Å²) < 4.78 is 5.41. The van der Waals surface area contributed by atoms with Crippen molar-refractivity contribution in [2.45, 2.75) is 25.9 Å². The Labute approximate surface area is 149 Å². The van der Waals surface area contributed by atoms with Gasteiger partial charge in [-0.3, -0.25) is 4.98 Å². The maximum Gasteiger partial charge on any atom is 0.410 e. The Bertz CT molecular complexity index is 678. The van der Waals surface area contributed by atoms with Gasteiger partial charge in [0.2, 0.25) is 0 Å². The molecule has 0 unspecified atom stereocenters. The quantitative estimate of drug-likeness (QED) is 0.805. The molecule has 4 nitrogen and oxygen atoms in total. The highest BCUT2D eigenvalue weighted by atomic mass is 16.6. The number of aromatic nitrogens is 1. The summed E-state index contributed by atoms with van der Waals surface area (Å²) in [6.45, 7) is 1.90. The lowest BCUT2D eigenvalue weighted by atomic mass is 9.93. The molecule has 25 heavy (non-hydrogen) atoms. The molecular weight excluding hydrogens is 312 g/mol. The summed E-state index contributed by atoms with van der Waals surface area (Å²) in [6, 6.07) is 13.8. The maximum absolute atomic E-state index is 12.2. The second-order valence-corrected chi connectivity index (χ2v) is 6.39. The molecule has 1 aliphatic rings. The van der Waals surface area contributed by atoms with E-state index in [1.807, 2.05) is 47.4 Å². The lowest BCUT2D eigenvalue weighted by molar-refractivity contribution is 0.0825. The average molecular weight is 336 g/mol. The van der Waals surface area contributed by atoms with Crippen LogP contribution in [0.3, 0.4) is 0 Å². The highest BCUT2D eigenvalue weighted by Gasteiger charge is 2.23. The Kier molecular flexibility index (Phi) is 6.21. The molecule has 2 heterocycles. The van der Waals surface area contributed by atoms with Gasteiger partial charge in [-0.25, -0.2) is 4.79 Å². The summed E-state index contributed by atoms with van der Waals surface area (Å²) in [7, 11) is 0. The molecule has 0 saturated carbocycles. The van der Waals surface area contributed by atoms with Crippen LogP contribution in [0.2, 0.25) is 0 Å². The van der Waals surface area contributed by atoms with Crippen LogP contribution in [0.5, 0.6) is 0 Å². The summed E-state index contributed by atoms with van der Waals surface area (Å²) in [5.41, 5.74) is 2.20. The second-order valence-electron chi connectivity index (χ2n) is 6.39. The zero-order valence-electron chi connectivity index (χ0n) is 14.4. The van der Waals surface area contributed by atoms with Crippen molar-refractivity contribution in [3.63, 3.8) is 0 Å². The van der Waals surface area contributed by atoms with E-state index >= 15 is 0 Å². The van der Waals surface area contributed by atoms with Gasteiger partial charge in [-0.05, 0) is 48.4 Å². The van der Waals surface area contributed by atoms with Crippen molar-refractivity contribution in [3.05, 3.63) is 72.1 Å². The Morgan fingerprint density at radius 1 is 1.12 bits per heavy atom. The van der Waals surface area contributed by atoms with Crippen molar-refractivity contribution < 1.29 is 9.53 Å². The minimum atomic E-state index is -0.199. The summed E-state index contributed by atoms with van der Waals surface area (Å²) in [4.78, 5) is 18.0. The summed E-state index contributed by atoms with van der Waals surface area (Å²) >= 11 is 0. The molecule has 130 valence electrons. The van der Waals surface area contributed by atoms with E-state index in [-0.39, 0.29) is 6.09 Å². The summed E-state index contributed by atoms with van der Waals surface area (Å²) in [6.07, 6.45) is 10.9. The Morgan fingerprint density at radius 2 is 1.84 bits per heavy atom. The number of allylic oxidation sites excluding steroid dienone is 1. The van der Waals surface area contributed by atoms with Gasteiger partial charge in [0.05, 0.1) is 0 Å². The molecule has 0 N–H and O–H groups in total. The van der Waals surface area contributed by atoms with E-state index in [2.05, 4.69) is 17.1 Å². The van der Waals surface area contributed by atoms with Crippen LogP contribution in [-0.4, -0.2) is 29.1 Å². The van der Waals surface area contributed by atoms with E-state index < -0.39 is 0 Å². The maximum atomic E-state index is 12.2. The van der Waals surface area contributed by atoms with Crippen LogP contribution in [0, 0.1) is 5.92 Å². The highest BCUT2D eigenvalue weighted by molar-refractivity contribution is 5.67. The molecule has 2 aromatic rings. The van der Waals surface area contributed by atoms with Crippen LogP contribution >= 0.6 is 0 Å². The van der Waals surface area contributed by atoms with Gasteiger partial charge in [-0.1, -0.05) is 42.5 Å². The number of likely N-dealkylation sites (tertiary alicyclic amines) is 1. The van der Waals surface area contributed by atoms with E-state index in [1.54, 1.807) is 12.4 Å². The molecule has 1 aromatic heterocycles. The van der Waals surface area contributed by atoms with Crippen LogP contribution in [0.15, 0.2) is 60.9 Å². The van der Waals surface area contributed by atoms with Gasteiger partial charge in [0.1, 0.15) is 6.61 Å². The Balaban J connectivity index is 1.38. The normalized spacial score (nSPS) is 15.4. The van der Waals surface area contributed by atoms with Gasteiger partial charge in [0.25, 0.3) is 0 Å². The number of hydrogen-bond donors (Lipinski definition) is 0. The van der Waals surface area contributed by atoms with E-state index in [1.165, 1.54) is 5.56 Å². The number of ether oxygens (including phenoxy) is 1. The van der Waals surface area contributed by atoms with Crippen LogP contribution in [-0.2, 0) is 11.3 Å². The molecule has 0 bridgehead atoms. The first-order valence-corrected chi connectivity index (χ1v) is 8.83. The van der Waals surface area contributed by atoms with Gasteiger partial charge in [-0.2, -0.15) is 0 Å². The standard InChI is InChI=1S/C21H24N2O2/c24-21(25-17-20-5-2-1-3-6-20)23-15-11-19(12-16-23)8-4-7-18-9-13-22-14-10-18/h1-7,9-10,13-14,19H,8,11-12,15-17H2. The van der Waals surface area contributed by atoms with Crippen molar-refractivity contribution >= 4 is 12.2 Å². The van der Waals surface area contributed by atoms with E-state index in [0.717, 1.165) is 37.9 Å². The molecular formula is C21H24N2O2. The minimum absolute atomic E-state index is 0.199. The minimum Gasteiger partial charge on any atom is -0.445 e. The molecule has 0 spiro atoms. The zero-order valence-corrected chi connectivity index (χ0v) is 14.4. The molecule has 0 atom stereocenters. The monoisotopic (exact) mass is 336 g/mol. The van der Waals surface area contributed by atoms with Crippen LogP contribution in [0.1, 0.15) is 30.4 Å². The number of nitrogens with zero attached hydrogens (tertiary/aromatic N) is 2. The first-order valence-electron chi connectivity index (χ1n) is 8.83. The van der Waals surface area contributed by atoms with Crippen molar-refractivity contribution in [2.24, 2.45) is 5.92 Å². The fraction of sp³-hybridized carbons (Fsp3) is 0.333. The second kappa shape index (κ2) is 9.02. The molecule has 4 heteroatoms. The topological polar surface area (TPSA) is 42.4 Å². The van der Waals surface area contributed by atoms with E-state index in [4.69, 9.17) is 4.74 Å². The lowest BCUT2D eigenvalue weighted by Crippen LogP contribution is -2.38. The van der Waals surface area contributed by atoms with Gasteiger partial charge >= 0.3 is 6.09 Å². The van der Waals surface area contributed by atoms with Crippen molar-refractivity contribution in [3.8, 4) is 0 Å². The fourth-order valence-electron chi connectivity index (χ4n) is 3.03. The highest BCUT2D eigenvalue weighted by Crippen LogP contribution is 2.22. The molecule has 1 saturated heterocycles.